The van der Waals surface area contributed by atoms with Gasteiger partial charge >= 0.3 is 0 Å². The molecule has 0 aromatic rings. The minimum Gasteiger partial charge on any atom is -0.405 e. The summed E-state index contributed by atoms with van der Waals surface area (Å²) in [7, 11) is -0.942. The third kappa shape index (κ3) is 6.57. The summed E-state index contributed by atoms with van der Waals surface area (Å²) in [5, 5.41) is 3.50. The number of hydrogen-bond donors (Lipinski definition) is 1. The molecule has 0 aliphatic carbocycles. The van der Waals surface area contributed by atoms with Crippen molar-refractivity contribution in [2.75, 3.05) is 6.54 Å². The first-order chi connectivity index (χ1) is 6.38. The van der Waals surface area contributed by atoms with Crippen molar-refractivity contribution >= 4 is 9.04 Å². The van der Waals surface area contributed by atoms with E-state index in [4.69, 9.17) is 4.43 Å². The molecule has 2 nitrogen and oxygen atoms in total. The lowest BCUT2D eigenvalue weighted by Gasteiger charge is -2.33. The Labute approximate surface area is 91.2 Å². The molecule has 0 spiro atoms. The lowest BCUT2D eigenvalue weighted by molar-refractivity contribution is 0.0555. The van der Waals surface area contributed by atoms with Crippen LogP contribution in [0.1, 0.15) is 40.5 Å². The van der Waals surface area contributed by atoms with Crippen LogP contribution in [0, 0.1) is 5.41 Å². The van der Waals surface area contributed by atoms with Gasteiger partial charge in [-0.05, 0) is 26.1 Å². The number of nitrogens with one attached hydrogen (secondary N) is 1. The normalized spacial score (nSPS) is 14.8. The zero-order chi connectivity index (χ0) is 11.2. The first-order valence-electron chi connectivity index (χ1n) is 5.76. The van der Waals surface area contributed by atoms with Gasteiger partial charge in [0.1, 0.15) is 6.23 Å². The van der Waals surface area contributed by atoms with Gasteiger partial charge in [-0.25, -0.2) is 0 Å². The summed E-state index contributed by atoms with van der Waals surface area (Å²) in [4.78, 5) is 0. The van der Waals surface area contributed by atoms with Crippen LogP contribution < -0.4 is 5.32 Å². The smallest absolute Gasteiger partial charge is 0.173 e. The van der Waals surface area contributed by atoms with E-state index < -0.39 is 9.04 Å². The van der Waals surface area contributed by atoms with Gasteiger partial charge in [0.15, 0.2) is 9.04 Å². The molecule has 0 aromatic carbocycles. The first-order valence-corrected chi connectivity index (χ1v) is 8.54. The van der Waals surface area contributed by atoms with Gasteiger partial charge in [-0.1, -0.05) is 34.1 Å². The van der Waals surface area contributed by atoms with Crippen LogP contribution in [0.4, 0.5) is 0 Å². The van der Waals surface area contributed by atoms with E-state index in [1.54, 1.807) is 0 Å². The van der Waals surface area contributed by atoms with Crippen LogP contribution in [-0.2, 0) is 4.43 Å². The Hall–Kier alpha value is 0.137. The second-order valence-electron chi connectivity index (χ2n) is 5.24. The van der Waals surface area contributed by atoms with Crippen molar-refractivity contribution in [2.45, 2.75) is 59.9 Å². The van der Waals surface area contributed by atoms with E-state index in [0.29, 0.717) is 0 Å². The molecular weight excluding hydrogens is 190 g/mol. The molecule has 0 saturated heterocycles. The Kier molecular flexibility index (Phi) is 6.65. The highest BCUT2D eigenvalue weighted by Crippen LogP contribution is 2.20. The van der Waals surface area contributed by atoms with Crippen molar-refractivity contribution in [3.8, 4) is 0 Å². The molecule has 3 heteroatoms. The zero-order valence-electron chi connectivity index (χ0n) is 10.7. The third-order valence-electron chi connectivity index (χ3n) is 2.05. The summed E-state index contributed by atoms with van der Waals surface area (Å²) in [5.41, 5.74) is 0.199. The van der Waals surface area contributed by atoms with Gasteiger partial charge in [0.2, 0.25) is 0 Å². The van der Waals surface area contributed by atoms with Crippen molar-refractivity contribution in [1.29, 1.82) is 0 Å². The lowest BCUT2D eigenvalue weighted by atomic mass is 9.94. The van der Waals surface area contributed by atoms with E-state index in [1.807, 2.05) is 0 Å². The molecule has 0 aromatic heterocycles. The largest absolute Gasteiger partial charge is 0.405 e. The molecule has 14 heavy (non-hydrogen) atoms. The van der Waals surface area contributed by atoms with Crippen LogP contribution in [0.25, 0.3) is 0 Å². The van der Waals surface area contributed by atoms with Crippen LogP contribution in [0.2, 0.25) is 13.1 Å². The highest BCUT2D eigenvalue weighted by molar-refractivity contribution is 6.48. The quantitative estimate of drug-likeness (QED) is 0.420. The highest BCUT2D eigenvalue weighted by atomic mass is 28.3. The standard InChI is InChI=1S/C11H27NOSi/c1-7-8-9-12-10(11(2,3)4)13-14(5)6/h10,12,14H,7-9H2,1-6H3/t10-/m0/s1. The van der Waals surface area contributed by atoms with Gasteiger partial charge in [0, 0.05) is 5.41 Å². The molecule has 0 radical (unpaired) electrons. The van der Waals surface area contributed by atoms with Crippen LogP contribution in [0.15, 0.2) is 0 Å². The SMILES string of the molecule is CCCCN[C@@H](O[SiH](C)C)C(C)(C)C. The fourth-order valence-electron chi connectivity index (χ4n) is 1.24. The molecule has 0 aliphatic rings. The van der Waals surface area contributed by atoms with Crippen molar-refractivity contribution < 1.29 is 4.43 Å². The third-order valence-corrected chi connectivity index (χ3v) is 2.87. The Morgan fingerprint density at radius 3 is 2.21 bits per heavy atom. The van der Waals surface area contributed by atoms with E-state index in [9.17, 15) is 0 Å². The predicted molar refractivity (Wildman–Crippen MR) is 66.1 cm³/mol. The zero-order valence-corrected chi connectivity index (χ0v) is 11.8. The second kappa shape index (κ2) is 6.59. The molecule has 0 rings (SSSR count). The monoisotopic (exact) mass is 217 g/mol. The maximum absolute atomic E-state index is 5.99. The number of hydrogen-bond acceptors (Lipinski definition) is 2. The number of unbranched alkanes of at least 4 members (excludes halogenated alkanes) is 1. The Balaban J connectivity index is 3.99. The molecule has 0 unspecified atom stereocenters. The van der Waals surface area contributed by atoms with Gasteiger partial charge < -0.3 is 4.43 Å². The molecule has 0 bridgehead atoms. The highest BCUT2D eigenvalue weighted by Gasteiger charge is 2.25. The number of rotatable bonds is 6. The Bertz CT molecular complexity index is 143. The van der Waals surface area contributed by atoms with E-state index >= 15 is 0 Å². The van der Waals surface area contributed by atoms with Crippen LogP contribution in [0.5, 0.6) is 0 Å². The second-order valence-corrected chi connectivity index (χ2v) is 7.61. The average molecular weight is 217 g/mol. The molecule has 0 fully saturated rings. The molecule has 0 aliphatic heterocycles. The molecule has 86 valence electrons. The minimum atomic E-state index is -0.942. The van der Waals surface area contributed by atoms with Crippen molar-refractivity contribution in [3.63, 3.8) is 0 Å². The van der Waals surface area contributed by atoms with Gasteiger partial charge in [0.05, 0.1) is 0 Å². The summed E-state index contributed by atoms with van der Waals surface area (Å²) in [6, 6.07) is 0. The summed E-state index contributed by atoms with van der Waals surface area (Å²) in [6.07, 6.45) is 2.69. The van der Waals surface area contributed by atoms with Gasteiger partial charge in [0.25, 0.3) is 0 Å². The molecular formula is C11H27NOSi. The van der Waals surface area contributed by atoms with Crippen molar-refractivity contribution in [3.05, 3.63) is 0 Å². The average Bonchev–Trinajstić information content (AvgIpc) is 2.00. The first kappa shape index (κ1) is 14.1. The molecule has 0 heterocycles. The maximum atomic E-state index is 5.99. The summed E-state index contributed by atoms with van der Waals surface area (Å²) >= 11 is 0. The Morgan fingerprint density at radius 1 is 1.29 bits per heavy atom. The predicted octanol–water partition coefficient (Wildman–Crippen LogP) is 2.75. The van der Waals surface area contributed by atoms with E-state index in [-0.39, 0.29) is 11.6 Å². The molecule has 0 saturated carbocycles. The van der Waals surface area contributed by atoms with Crippen LogP contribution >= 0.6 is 0 Å². The van der Waals surface area contributed by atoms with Gasteiger partial charge in [-0.2, -0.15) is 0 Å². The fourth-order valence-corrected chi connectivity index (χ4v) is 2.29. The van der Waals surface area contributed by atoms with E-state index in [0.717, 1.165) is 6.54 Å². The van der Waals surface area contributed by atoms with Crippen LogP contribution in [-0.4, -0.2) is 21.8 Å². The van der Waals surface area contributed by atoms with Gasteiger partial charge in [-0.15, -0.1) is 0 Å². The van der Waals surface area contributed by atoms with Crippen LogP contribution in [0.3, 0.4) is 0 Å². The van der Waals surface area contributed by atoms with Crippen molar-refractivity contribution in [2.24, 2.45) is 5.41 Å². The summed E-state index contributed by atoms with van der Waals surface area (Å²) < 4.78 is 5.99. The molecule has 0 amide bonds. The van der Waals surface area contributed by atoms with Crippen molar-refractivity contribution in [1.82, 2.24) is 5.32 Å². The fraction of sp³-hybridized carbons (Fsp3) is 1.00. The maximum Gasteiger partial charge on any atom is 0.173 e. The topological polar surface area (TPSA) is 21.3 Å². The minimum absolute atomic E-state index is 0.199. The van der Waals surface area contributed by atoms with Gasteiger partial charge in [-0.3, -0.25) is 5.32 Å². The van der Waals surface area contributed by atoms with E-state index in [2.05, 4.69) is 46.1 Å². The summed E-state index contributed by atoms with van der Waals surface area (Å²) in [5.74, 6) is 0. The molecule has 1 atom stereocenters. The molecule has 1 N–H and O–H groups in total. The van der Waals surface area contributed by atoms with E-state index in [1.165, 1.54) is 12.8 Å². The Morgan fingerprint density at radius 2 is 1.86 bits per heavy atom. The lowest BCUT2D eigenvalue weighted by Crippen LogP contribution is -2.45. The summed E-state index contributed by atoms with van der Waals surface area (Å²) in [6.45, 7) is 14.4.